The maximum Gasteiger partial charge on any atom is 0.251 e. The van der Waals surface area contributed by atoms with Crippen LogP contribution in [0.3, 0.4) is 0 Å². The van der Waals surface area contributed by atoms with Crippen LogP contribution in [-0.2, 0) is 4.74 Å². The number of methoxy groups -OCH3 is 1. The number of hydrogen-bond donors (Lipinski definition) is 1. The number of ether oxygens (including phenoxy) is 2. The monoisotopic (exact) mass is 369 g/mol. The van der Waals surface area contributed by atoms with Gasteiger partial charge in [0.2, 0.25) is 5.88 Å². The molecule has 4 rings (SSSR count). The van der Waals surface area contributed by atoms with Crippen molar-refractivity contribution in [3.05, 3.63) is 42.5 Å². The van der Waals surface area contributed by atoms with Crippen LogP contribution in [0.1, 0.15) is 23.2 Å². The first-order valence-electron chi connectivity index (χ1n) is 9.13. The predicted octanol–water partition coefficient (Wildman–Crippen LogP) is 1.30. The first kappa shape index (κ1) is 17.7. The van der Waals surface area contributed by atoms with Gasteiger partial charge in [-0.15, -0.1) is 0 Å². The molecule has 2 aromatic heterocycles. The molecule has 0 saturated carbocycles. The number of carbonyl (C=O) groups excluding carboxylic acids is 1. The van der Waals surface area contributed by atoms with Crippen LogP contribution in [0.2, 0.25) is 0 Å². The van der Waals surface area contributed by atoms with E-state index in [1.165, 1.54) is 6.33 Å². The standard InChI is InChI=1S/C19H23N5O3/c1-26-17-10-16(22-13-23-17)24-11-19(12-24)15(5-9-27-19)4-8-21-18(25)14-2-6-20-7-3-14/h2-3,6-7,10,13,15H,4-5,8-9,11-12H2,1H3,(H,21,25). The Labute approximate surface area is 157 Å². The van der Waals surface area contributed by atoms with Crippen LogP contribution in [0.25, 0.3) is 0 Å². The van der Waals surface area contributed by atoms with E-state index in [1.807, 2.05) is 6.07 Å². The summed E-state index contributed by atoms with van der Waals surface area (Å²) in [5.74, 6) is 1.78. The van der Waals surface area contributed by atoms with Gasteiger partial charge in [0, 0.05) is 37.2 Å². The molecular formula is C19H23N5O3. The second kappa shape index (κ2) is 7.48. The quantitative estimate of drug-likeness (QED) is 0.821. The average molecular weight is 369 g/mol. The molecule has 1 atom stereocenters. The third-order valence-corrected chi connectivity index (χ3v) is 5.40. The zero-order chi connectivity index (χ0) is 18.7. The van der Waals surface area contributed by atoms with Crippen LogP contribution in [0, 0.1) is 5.92 Å². The number of hydrogen-bond acceptors (Lipinski definition) is 7. The van der Waals surface area contributed by atoms with E-state index >= 15 is 0 Å². The van der Waals surface area contributed by atoms with Crippen LogP contribution in [0.5, 0.6) is 5.88 Å². The maximum absolute atomic E-state index is 12.2. The van der Waals surface area contributed by atoms with Gasteiger partial charge in [0.05, 0.1) is 20.2 Å². The Kier molecular flexibility index (Phi) is 4.89. The molecule has 2 fully saturated rings. The van der Waals surface area contributed by atoms with Crippen molar-refractivity contribution in [3.63, 3.8) is 0 Å². The lowest BCUT2D eigenvalue weighted by Crippen LogP contribution is -2.65. The fraction of sp³-hybridized carbons (Fsp3) is 0.474. The summed E-state index contributed by atoms with van der Waals surface area (Å²) in [4.78, 5) is 26.6. The summed E-state index contributed by atoms with van der Waals surface area (Å²) < 4.78 is 11.3. The number of aromatic nitrogens is 3. The van der Waals surface area contributed by atoms with E-state index < -0.39 is 0 Å². The molecule has 0 aliphatic carbocycles. The fourth-order valence-corrected chi connectivity index (χ4v) is 3.88. The van der Waals surface area contributed by atoms with Gasteiger partial charge in [-0.05, 0) is 30.9 Å². The van der Waals surface area contributed by atoms with Gasteiger partial charge in [-0.3, -0.25) is 9.78 Å². The number of nitrogens with one attached hydrogen (secondary N) is 1. The molecule has 1 spiro atoms. The molecule has 8 heteroatoms. The Hall–Kier alpha value is -2.74. The summed E-state index contributed by atoms with van der Waals surface area (Å²) in [5, 5.41) is 3.00. The predicted molar refractivity (Wildman–Crippen MR) is 98.8 cm³/mol. The molecule has 1 unspecified atom stereocenters. The molecule has 142 valence electrons. The van der Waals surface area contributed by atoms with E-state index in [9.17, 15) is 4.79 Å². The van der Waals surface area contributed by atoms with Crippen molar-refractivity contribution in [2.75, 3.05) is 38.3 Å². The average Bonchev–Trinajstić information content (AvgIpc) is 3.11. The Morgan fingerprint density at radius 1 is 1.37 bits per heavy atom. The van der Waals surface area contributed by atoms with E-state index in [4.69, 9.17) is 9.47 Å². The Morgan fingerprint density at radius 2 is 2.19 bits per heavy atom. The summed E-state index contributed by atoms with van der Waals surface area (Å²) in [5.41, 5.74) is 0.495. The van der Waals surface area contributed by atoms with Crippen LogP contribution in [0.15, 0.2) is 36.9 Å². The van der Waals surface area contributed by atoms with E-state index in [0.717, 1.165) is 38.4 Å². The number of carbonyl (C=O) groups is 1. The first-order chi connectivity index (χ1) is 13.2. The smallest absolute Gasteiger partial charge is 0.251 e. The molecular weight excluding hydrogens is 346 g/mol. The van der Waals surface area contributed by atoms with Gasteiger partial charge < -0.3 is 19.7 Å². The highest BCUT2D eigenvalue weighted by Crippen LogP contribution is 2.43. The van der Waals surface area contributed by atoms with Crippen molar-refractivity contribution in [3.8, 4) is 5.88 Å². The van der Waals surface area contributed by atoms with Gasteiger partial charge >= 0.3 is 0 Å². The molecule has 0 aromatic carbocycles. The number of rotatable bonds is 6. The molecule has 4 heterocycles. The summed E-state index contributed by atoms with van der Waals surface area (Å²) >= 11 is 0. The topological polar surface area (TPSA) is 89.5 Å². The van der Waals surface area contributed by atoms with E-state index in [-0.39, 0.29) is 11.5 Å². The Balaban J connectivity index is 1.30. The highest BCUT2D eigenvalue weighted by molar-refractivity contribution is 5.93. The first-order valence-corrected chi connectivity index (χ1v) is 9.13. The van der Waals surface area contributed by atoms with Crippen molar-refractivity contribution in [2.45, 2.75) is 18.4 Å². The third kappa shape index (κ3) is 3.57. The maximum atomic E-state index is 12.2. The van der Waals surface area contributed by atoms with Crippen molar-refractivity contribution in [2.24, 2.45) is 5.92 Å². The summed E-state index contributed by atoms with van der Waals surface area (Å²) in [6.07, 6.45) is 6.68. The Morgan fingerprint density at radius 3 is 2.96 bits per heavy atom. The number of amides is 1. The van der Waals surface area contributed by atoms with E-state index in [2.05, 4.69) is 25.2 Å². The van der Waals surface area contributed by atoms with Crippen LogP contribution in [-0.4, -0.2) is 59.8 Å². The molecule has 2 saturated heterocycles. The van der Waals surface area contributed by atoms with Crippen molar-refractivity contribution in [1.29, 1.82) is 0 Å². The van der Waals surface area contributed by atoms with Gasteiger partial charge in [0.25, 0.3) is 5.91 Å². The van der Waals surface area contributed by atoms with Gasteiger partial charge in [-0.1, -0.05) is 0 Å². The highest BCUT2D eigenvalue weighted by atomic mass is 16.5. The van der Waals surface area contributed by atoms with Gasteiger partial charge in [0.1, 0.15) is 17.7 Å². The van der Waals surface area contributed by atoms with Gasteiger partial charge in [-0.2, -0.15) is 0 Å². The SMILES string of the molecule is COc1cc(N2CC3(C2)OCCC3CCNC(=O)c2ccncc2)ncn1. The second-order valence-electron chi connectivity index (χ2n) is 6.95. The van der Waals surface area contributed by atoms with E-state index in [0.29, 0.717) is 23.9 Å². The van der Waals surface area contributed by atoms with Gasteiger partial charge in [0.15, 0.2) is 0 Å². The number of nitrogens with zero attached hydrogens (tertiary/aromatic N) is 4. The highest BCUT2D eigenvalue weighted by Gasteiger charge is 2.53. The minimum absolute atomic E-state index is 0.0614. The number of anilines is 1. The molecule has 2 aliphatic rings. The fourth-order valence-electron chi connectivity index (χ4n) is 3.88. The normalized spacial score (nSPS) is 20.3. The van der Waals surface area contributed by atoms with Crippen LogP contribution >= 0.6 is 0 Å². The molecule has 0 radical (unpaired) electrons. The summed E-state index contributed by atoms with van der Waals surface area (Å²) in [6.45, 7) is 3.01. The Bertz CT molecular complexity index is 795. The molecule has 2 aliphatic heterocycles. The van der Waals surface area contributed by atoms with E-state index in [1.54, 1.807) is 31.6 Å². The lowest BCUT2D eigenvalue weighted by Gasteiger charge is -2.50. The summed E-state index contributed by atoms with van der Waals surface area (Å²) in [6, 6.07) is 5.27. The van der Waals surface area contributed by atoms with Crippen molar-refractivity contribution in [1.82, 2.24) is 20.3 Å². The molecule has 2 aromatic rings. The zero-order valence-electron chi connectivity index (χ0n) is 15.3. The molecule has 0 bridgehead atoms. The largest absolute Gasteiger partial charge is 0.481 e. The molecule has 1 amide bonds. The van der Waals surface area contributed by atoms with Crippen LogP contribution in [0.4, 0.5) is 5.82 Å². The number of pyridine rings is 1. The molecule has 1 N–H and O–H groups in total. The lowest BCUT2D eigenvalue weighted by atomic mass is 9.79. The minimum Gasteiger partial charge on any atom is -0.481 e. The lowest BCUT2D eigenvalue weighted by molar-refractivity contribution is -0.0455. The second-order valence-corrected chi connectivity index (χ2v) is 6.95. The van der Waals surface area contributed by atoms with Crippen LogP contribution < -0.4 is 15.0 Å². The third-order valence-electron chi connectivity index (χ3n) is 5.40. The molecule has 27 heavy (non-hydrogen) atoms. The van der Waals surface area contributed by atoms with Crippen molar-refractivity contribution >= 4 is 11.7 Å². The summed E-state index contributed by atoms with van der Waals surface area (Å²) in [7, 11) is 1.60. The zero-order valence-corrected chi connectivity index (χ0v) is 15.3. The van der Waals surface area contributed by atoms with Gasteiger partial charge in [-0.25, -0.2) is 9.97 Å². The van der Waals surface area contributed by atoms with Crippen molar-refractivity contribution < 1.29 is 14.3 Å². The minimum atomic E-state index is -0.139. The molecule has 8 nitrogen and oxygen atoms in total.